The number of nitrogens with zero attached hydrogens (tertiary/aromatic N) is 1. The van der Waals surface area contributed by atoms with Gasteiger partial charge in [-0.1, -0.05) is 29.8 Å². The van der Waals surface area contributed by atoms with Crippen molar-refractivity contribution in [3.05, 3.63) is 41.0 Å². The average molecular weight is 258 g/mol. The Bertz CT molecular complexity index is 484. The molecular weight excluding hydrogens is 240 g/mol. The zero-order valence-electron chi connectivity index (χ0n) is 11.3. The fourth-order valence-corrected chi connectivity index (χ4v) is 1.49. The molecule has 1 aromatic carbocycles. The zero-order valence-corrected chi connectivity index (χ0v) is 11.3. The first kappa shape index (κ1) is 14.9. The molecule has 0 spiro atoms. The summed E-state index contributed by atoms with van der Waals surface area (Å²) in [5.41, 5.74) is 2.09. The number of hydrogen-bond donors (Lipinski definition) is 1. The molecule has 1 amide bonds. The van der Waals surface area contributed by atoms with E-state index < -0.39 is 0 Å². The number of aryl methyl sites for hydroxylation is 1. The van der Waals surface area contributed by atoms with Gasteiger partial charge in [0.25, 0.3) is 5.91 Å². The Morgan fingerprint density at radius 2 is 2.11 bits per heavy atom. The Kier molecular flexibility index (Phi) is 6.34. The molecule has 1 rings (SSSR count). The minimum Gasteiger partial charge on any atom is -0.385 e. The summed E-state index contributed by atoms with van der Waals surface area (Å²) in [7, 11) is 1.61. The maximum Gasteiger partial charge on any atom is 0.261 e. The van der Waals surface area contributed by atoms with Gasteiger partial charge in [0, 0.05) is 20.3 Å². The molecule has 0 radical (unpaired) electrons. The second kappa shape index (κ2) is 8.06. The van der Waals surface area contributed by atoms with Gasteiger partial charge in [-0.15, -0.1) is 0 Å². The van der Waals surface area contributed by atoms with Gasteiger partial charge in [0.05, 0.1) is 0 Å². The van der Waals surface area contributed by atoms with E-state index in [1.54, 1.807) is 13.2 Å². The van der Waals surface area contributed by atoms with E-state index in [2.05, 4.69) is 5.32 Å². The van der Waals surface area contributed by atoms with Gasteiger partial charge >= 0.3 is 0 Å². The number of amides is 1. The van der Waals surface area contributed by atoms with Crippen molar-refractivity contribution in [3.8, 4) is 6.07 Å². The van der Waals surface area contributed by atoms with E-state index in [9.17, 15) is 4.79 Å². The fraction of sp³-hybridized carbons (Fsp3) is 0.333. The Labute approximate surface area is 113 Å². The van der Waals surface area contributed by atoms with Crippen LogP contribution >= 0.6 is 0 Å². The smallest absolute Gasteiger partial charge is 0.261 e. The summed E-state index contributed by atoms with van der Waals surface area (Å²) in [6, 6.07) is 9.57. The van der Waals surface area contributed by atoms with E-state index in [0.717, 1.165) is 17.5 Å². The van der Waals surface area contributed by atoms with Crippen LogP contribution in [0.15, 0.2) is 29.8 Å². The molecule has 100 valence electrons. The molecule has 1 aromatic rings. The number of hydrogen-bond acceptors (Lipinski definition) is 3. The van der Waals surface area contributed by atoms with Crippen LogP contribution in [0.4, 0.5) is 0 Å². The van der Waals surface area contributed by atoms with Crippen LogP contribution < -0.4 is 5.32 Å². The van der Waals surface area contributed by atoms with Gasteiger partial charge in [-0.3, -0.25) is 4.79 Å². The molecule has 0 unspecified atom stereocenters. The normalized spacial score (nSPS) is 10.9. The number of nitriles is 1. The van der Waals surface area contributed by atoms with Crippen LogP contribution in [-0.2, 0) is 9.53 Å². The van der Waals surface area contributed by atoms with Gasteiger partial charge in [-0.25, -0.2) is 0 Å². The summed E-state index contributed by atoms with van der Waals surface area (Å²) in [4.78, 5) is 11.8. The van der Waals surface area contributed by atoms with Crippen molar-refractivity contribution in [2.45, 2.75) is 13.3 Å². The maximum absolute atomic E-state index is 11.8. The highest BCUT2D eigenvalue weighted by Crippen LogP contribution is 2.08. The van der Waals surface area contributed by atoms with E-state index in [1.807, 2.05) is 37.3 Å². The van der Waals surface area contributed by atoms with Crippen molar-refractivity contribution >= 4 is 12.0 Å². The van der Waals surface area contributed by atoms with Crippen molar-refractivity contribution in [2.24, 2.45) is 0 Å². The third kappa shape index (κ3) is 5.36. The molecule has 4 nitrogen and oxygen atoms in total. The third-order valence-corrected chi connectivity index (χ3v) is 2.56. The van der Waals surface area contributed by atoms with Crippen LogP contribution in [0.3, 0.4) is 0 Å². The topological polar surface area (TPSA) is 62.1 Å². The van der Waals surface area contributed by atoms with E-state index in [4.69, 9.17) is 10.00 Å². The molecule has 1 N–H and O–H groups in total. The summed E-state index contributed by atoms with van der Waals surface area (Å²) in [6.45, 7) is 3.07. The van der Waals surface area contributed by atoms with Crippen molar-refractivity contribution in [2.75, 3.05) is 20.3 Å². The van der Waals surface area contributed by atoms with Crippen LogP contribution in [0.1, 0.15) is 17.5 Å². The lowest BCUT2D eigenvalue weighted by atomic mass is 10.1. The monoisotopic (exact) mass is 258 g/mol. The highest BCUT2D eigenvalue weighted by molar-refractivity contribution is 6.01. The molecule has 0 aromatic heterocycles. The lowest BCUT2D eigenvalue weighted by Crippen LogP contribution is -2.26. The summed E-state index contributed by atoms with van der Waals surface area (Å²) < 4.78 is 4.89. The molecule has 0 saturated carbocycles. The zero-order chi connectivity index (χ0) is 14.1. The second-order valence-corrected chi connectivity index (χ2v) is 4.18. The fourth-order valence-electron chi connectivity index (χ4n) is 1.49. The van der Waals surface area contributed by atoms with Crippen molar-refractivity contribution in [1.82, 2.24) is 5.32 Å². The molecule has 0 atom stereocenters. The largest absolute Gasteiger partial charge is 0.385 e. The van der Waals surface area contributed by atoms with Crippen LogP contribution in [0.25, 0.3) is 6.08 Å². The number of carbonyl (C=O) groups is 1. The number of ether oxygens (including phenoxy) is 1. The number of rotatable bonds is 6. The maximum atomic E-state index is 11.8. The lowest BCUT2D eigenvalue weighted by molar-refractivity contribution is -0.117. The van der Waals surface area contributed by atoms with Gasteiger partial charge in [-0.2, -0.15) is 5.26 Å². The highest BCUT2D eigenvalue weighted by atomic mass is 16.5. The van der Waals surface area contributed by atoms with Gasteiger partial charge < -0.3 is 10.1 Å². The third-order valence-electron chi connectivity index (χ3n) is 2.56. The minimum atomic E-state index is -0.348. The first-order chi connectivity index (χ1) is 9.17. The molecule has 0 aliphatic carbocycles. The quantitative estimate of drug-likeness (QED) is 0.482. The van der Waals surface area contributed by atoms with Crippen molar-refractivity contribution in [3.63, 3.8) is 0 Å². The Morgan fingerprint density at radius 3 is 2.68 bits per heavy atom. The van der Waals surface area contributed by atoms with Crippen LogP contribution in [-0.4, -0.2) is 26.2 Å². The van der Waals surface area contributed by atoms with Crippen LogP contribution in [0.2, 0.25) is 0 Å². The van der Waals surface area contributed by atoms with Crippen LogP contribution in [0, 0.1) is 18.3 Å². The molecule has 0 saturated heterocycles. The van der Waals surface area contributed by atoms with Gasteiger partial charge in [0.15, 0.2) is 0 Å². The summed E-state index contributed by atoms with van der Waals surface area (Å²) >= 11 is 0. The van der Waals surface area contributed by atoms with E-state index in [1.165, 1.54) is 0 Å². The molecule has 0 bridgehead atoms. The number of methoxy groups -OCH3 is 1. The van der Waals surface area contributed by atoms with Gasteiger partial charge in [0.2, 0.25) is 0 Å². The Morgan fingerprint density at radius 1 is 1.42 bits per heavy atom. The molecule has 0 aliphatic rings. The van der Waals surface area contributed by atoms with Crippen LogP contribution in [0.5, 0.6) is 0 Å². The number of nitrogens with one attached hydrogen (secondary N) is 1. The molecule has 19 heavy (non-hydrogen) atoms. The lowest BCUT2D eigenvalue weighted by Gasteiger charge is -2.03. The standard InChI is InChI=1S/C15H18N2O2/c1-12-4-6-13(7-5-12)10-14(11-16)15(18)17-8-3-9-19-2/h4-7,10H,3,8-9H2,1-2H3,(H,17,18)/b14-10+. The summed E-state index contributed by atoms with van der Waals surface area (Å²) in [5.74, 6) is -0.348. The predicted octanol–water partition coefficient (Wildman–Crippen LogP) is 2.05. The van der Waals surface area contributed by atoms with Gasteiger partial charge in [0.1, 0.15) is 11.6 Å². The Hall–Kier alpha value is -2.12. The van der Waals surface area contributed by atoms with Crippen molar-refractivity contribution in [1.29, 1.82) is 5.26 Å². The van der Waals surface area contributed by atoms with Gasteiger partial charge in [-0.05, 0) is 25.0 Å². The SMILES string of the molecule is COCCCNC(=O)/C(C#N)=C/c1ccc(C)cc1. The first-order valence-corrected chi connectivity index (χ1v) is 6.13. The number of carbonyl (C=O) groups excluding carboxylic acids is 1. The first-order valence-electron chi connectivity index (χ1n) is 6.13. The molecule has 0 fully saturated rings. The van der Waals surface area contributed by atoms with E-state index in [-0.39, 0.29) is 11.5 Å². The predicted molar refractivity (Wildman–Crippen MR) is 74.3 cm³/mol. The summed E-state index contributed by atoms with van der Waals surface area (Å²) in [5, 5.41) is 11.7. The van der Waals surface area contributed by atoms with E-state index >= 15 is 0 Å². The molecule has 4 heteroatoms. The number of benzene rings is 1. The summed E-state index contributed by atoms with van der Waals surface area (Å²) in [6.07, 6.45) is 2.32. The average Bonchev–Trinajstić information content (AvgIpc) is 2.42. The molecular formula is C15H18N2O2. The van der Waals surface area contributed by atoms with Crippen molar-refractivity contribution < 1.29 is 9.53 Å². The minimum absolute atomic E-state index is 0.112. The highest BCUT2D eigenvalue weighted by Gasteiger charge is 2.07. The second-order valence-electron chi connectivity index (χ2n) is 4.18. The Balaban J connectivity index is 2.64. The molecule has 0 heterocycles. The molecule has 0 aliphatic heterocycles. The van der Waals surface area contributed by atoms with E-state index in [0.29, 0.717) is 13.2 Å².